The predicted octanol–water partition coefficient (Wildman–Crippen LogP) is 4.36. The molecule has 3 aromatic rings. The fourth-order valence-corrected chi connectivity index (χ4v) is 6.79. The number of allylic oxidation sites excluding steroid dienone is 3. The van der Waals surface area contributed by atoms with Gasteiger partial charge in [0.25, 0.3) is 10.0 Å². The topological polar surface area (TPSA) is 76.4 Å². The Kier molecular flexibility index (Phi) is 4.19. The lowest BCUT2D eigenvalue weighted by molar-refractivity contribution is -0.124. The minimum Gasteiger partial charge on any atom is -0.380 e. The molecule has 0 aliphatic heterocycles. The molecule has 5 nitrogen and oxygen atoms in total. The van der Waals surface area contributed by atoms with Gasteiger partial charge in [-0.15, -0.1) is 0 Å². The smallest absolute Gasteiger partial charge is 0.268 e. The molecule has 0 saturated carbocycles. The number of nitrogens with zero attached hydrogens (tertiary/aromatic N) is 1. The highest BCUT2D eigenvalue weighted by Gasteiger charge is 2.46. The van der Waals surface area contributed by atoms with Gasteiger partial charge in [0.1, 0.15) is 6.10 Å². The first-order chi connectivity index (χ1) is 15.5. The maximum Gasteiger partial charge on any atom is 0.268 e. The van der Waals surface area contributed by atoms with Crippen LogP contribution in [0.2, 0.25) is 0 Å². The second-order valence-corrected chi connectivity index (χ2v) is 10.4. The number of aliphatic hydroxyl groups excluding tert-OH is 1. The molecule has 3 atom stereocenters. The minimum atomic E-state index is -3.94. The number of fused-ring (bicyclic) bond motifs is 2. The molecule has 1 aromatic heterocycles. The lowest BCUT2D eigenvalue weighted by atomic mass is 9.65. The van der Waals surface area contributed by atoms with Crippen LogP contribution in [0.25, 0.3) is 16.7 Å². The molecule has 0 spiro atoms. The van der Waals surface area contributed by atoms with Crippen LogP contribution in [0, 0.1) is 11.8 Å². The van der Waals surface area contributed by atoms with Crippen molar-refractivity contribution >= 4 is 21.4 Å². The molecule has 4 aliphatic carbocycles. The van der Waals surface area contributed by atoms with Crippen LogP contribution in [-0.2, 0) is 14.8 Å². The normalized spacial score (nSPS) is 23.9. The number of benzene rings is 2. The van der Waals surface area contributed by atoms with Gasteiger partial charge in [-0.25, -0.2) is 12.4 Å². The Morgan fingerprint density at radius 3 is 2.06 bits per heavy atom. The number of hydrogen-bond acceptors (Lipinski definition) is 4. The molecule has 0 saturated heterocycles. The third-order valence-corrected chi connectivity index (χ3v) is 8.51. The molecule has 2 aromatic carbocycles. The highest BCUT2D eigenvalue weighted by atomic mass is 32.2. The van der Waals surface area contributed by atoms with Gasteiger partial charge in [-0.05, 0) is 36.1 Å². The van der Waals surface area contributed by atoms with Crippen molar-refractivity contribution in [2.75, 3.05) is 0 Å². The van der Waals surface area contributed by atoms with Crippen molar-refractivity contribution in [2.45, 2.75) is 23.8 Å². The average Bonchev–Trinajstić information content (AvgIpc) is 3.26. The summed E-state index contributed by atoms with van der Waals surface area (Å²) in [6.07, 6.45) is 5.99. The van der Waals surface area contributed by atoms with Crippen molar-refractivity contribution in [3.05, 3.63) is 95.8 Å². The SMILES string of the molecule is O=C1C2=C(c3c(c(-c4ccccc4)cn3S(=O)(=O)c3ccccc3)C1O)C1C=CC2CC1. The fourth-order valence-electron chi connectivity index (χ4n) is 5.38. The molecule has 6 heteroatoms. The number of aromatic nitrogens is 1. The maximum atomic E-state index is 13.8. The van der Waals surface area contributed by atoms with E-state index in [1.54, 1.807) is 36.5 Å². The molecule has 2 bridgehead atoms. The monoisotopic (exact) mass is 443 g/mol. The van der Waals surface area contributed by atoms with Crippen molar-refractivity contribution in [1.82, 2.24) is 3.97 Å². The van der Waals surface area contributed by atoms with E-state index in [4.69, 9.17) is 0 Å². The molecule has 0 radical (unpaired) electrons. The van der Waals surface area contributed by atoms with Crippen molar-refractivity contribution in [3.63, 3.8) is 0 Å². The Bertz CT molecular complexity index is 1420. The Morgan fingerprint density at radius 1 is 0.844 bits per heavy atom. The number of Topliss-reactive ketones (excluding diaryl/α,β-unsaturated/α-hetero) is 1. The third-order valence-electron chi connectivity index (χ3n) is 6.84. The molecular weight excluding hydrogens is 422 g/mol. The largest absolute Gasteiger partial charge is 0.380 e. The van der Waals surface area contributed by atoms with Gasteiger partial charge in [-0.1, -0.05) is 60.7 Å². The van der Waals surface area contributed by atoms with Crippen LogP contribution in [0.1, 0.15) is 30.2 Å². The van der Waals surface area contributed by atoms with E-state index < -0.39 is 16.1 Å². The number of carbonyl (C=O) groups is 1. The standard InChI is InChI=1S/C26H21NO4S/c28-25-22-18-13-11-17(12-14-18)21(22)24-23(26(25)29)20(16-7-3-1-4-8-16)15-27(24)32(30,31)19-9-5-2-6-10-19/h1-11,13,15,17-18,26,29H,12,14H2. The zero-order valence-electron chi connectivity index (χ0n) is 17.2. The zero-order chi connectivity index (χ0) is 22.0. The Hall–Kier alpha value is -3.22. The second-order valence-electron chi connectivity index (χ2n) is 8.55. The van der Waals surface area contributed by atoms with E-state index >= 15 is 0 Å². The number of hydrogen-bond donors (Lipinski definition) is 1. The van der Waals surface area contributed by atoms with Crippen molar-refractivity contribution in [2.24, 2.45) is 11.8 Å². The first-order valence-electron chi connectivity index (χ1n) is 10.7. The summed E-state index contributed by atoms with van der Waals surface area (Å²) in [6, 6.07) is 17.6. The summed E-state index contributed by atoms with van der Waals surface area (Å²) in [6.45, 7) is 0. The molecule has 1 heterocycles. The van der Waals surface area contributed by atoms with Crippen molar-refractivity contribution in [3.8, 4) is 11.1 Å². The van der Waals surface area contributed by atoms with Crippen molar-refractivity contribution in [1.29, 1.82) is 0 Å². The van der Waals surface area contributed by atoms with E-state index in [2.05, 4.69) is 6.08 Å². The molecule has 0 fully saturated rings. The Labute approximate surface area is 186 Å². The molecule has 160 valence electrons. The van der Waals surface area contributed by atoms with Crippen LogP contribution >= 0.6 is 0 Å². The first kappa shape index (κ1) is 19.5. The molecule has 0 amide bonds. The summed E-state index contributed by atoms with van der Waals surface area (Å²) in [5.74, 6) is -0.416. The summed E-state index contributed by atoms with van der Waals surface area (Å²) >= 11 is 0. The first-order valence-corrected chi connectivity index (χ1v) is 12.2. The quantitative estimate of drug-likeness (QED) is 0.611. The molecule has 4 aliphatic rings. The van der Waals surface area contributed by atoms with Gasteiger partial charge in [-0.2, -0.15) is 0 Å². The van der Waals surface area contributed by atoms with E-state index in [0.29, 0.717) is 22.4 Å². The highest BCUT2D eigenvalue weighted by Crippen LogP contribution is 2.53. The Morgan fingerprint density at radius 2 is 1.44 bits per heavy atom. The lowest BCUT2D eigenvalue weighted by Gasteiger charge is -2.39. The molecule has 32 heavy (non-hydrogen) atoms. The number of carbonyl (C=O) groups excluding carboxylic acids is 1. The van der Waals surface area contributed by atoms with E-state index in [-0.39, 0.29) is 22.5 Å². The highest BCUT2D eigenvalue weighted by molar-refractivity contribution is 7.90. The van der Waals surface area contributed by atoms with Gasteiger partial charge in [-0.3, -0.25) is 4.79 Å². The summed E-state index contributed by atoms with van der Waals surface area (Å²) in [4.78, 5) is 13.5. The van der Waals surface area contributed by atoms with Gasteiger partial charge in [0, 0.05) is 34.7 Å². The van der Waals surface area contributed by atoms with E-state index in [1.165, 1.54) is 3.97 Å². The van der Waals surface area contributed by atoms with Crippen LogP contribution in [0.5, 0.6) is 0 Å². The van der Waals surface area contributed by atoms with Crippen LogP contribution < -0.4 is 0 Å². The molecule has 7 rings (SSSR count). The van der Waals surface area contributed by atoms with Gasteiger partial charge in [0.15, 0.2) is 5.78 Å². The number of ketones is 1. The molecule has 3 unspecified atom stereocenters. The lowest BCUT2D eigenvalue weighted by Crippen LogP contribution is -2.34. The van der Waals surface area contributed by atoms with E-state index in [9.17, 15) is 18.3 Å². The zero-order valence-corrected chi connectivity index (χ0v) is 18.0. The van der Waals surface area contributed by atoms with Crippen molar-refractivity contribution < 1.29 is 18.3 Å². The van der Waals surface area contributed by atoms with Crippen LogP contribution in [0.4, 0.5) is 0 Å². The Balaban J connectivity index is 1.71. The summed E-state index contributed by atoms with van der Waals surface area (Å²) in [5, 5.41) is 11.2. The number of aliphatic hydroxyl groups is 1. The van der Waals surface area contributed by atoms with Crippen LogP contribution in [0.15, 0.2) is 89.5 Å². The average molecular weight is 444 g/mol. The van der Waals surface area contributed by atoms with Gasteiger partial charge >= 0.3 is 0 Å². The van der Waals surface area contributed by atoms with E-state index in [1.807, 2.05) is 36.4 Å². The van der Waals surface area contributed by atoms with Gasteiger partial charge < -0.3 is 5.11 Å². The summed E-state index contributed by atoms with van der Waals surface area (Å²) in [5.41, 5.74) is 3.51. The van der Waals surface area contributed by atoms with Crippen LogP contribution in [-0.4, -0.2) is 23.3 Å². The maximum absolute atomic E-state index is 13.8. The second kappa shape index (κ2) is 6.89. The van der Waals surface area contributed by atoms with Gasteiger partial charge in [0.05, 0.1) is 10.6 Å². The van der Waals surface area contributed by atoms with E-state index in [0.717, 1.165) is 24.0 Å². The van der Waals surface area contributed by atoms with Crippen LogP contribution in [0.3, 0.4) is 0 Å². The predicted molar refractivity (Wildman–Crippen MR) is 121 cm³/mol. The minimum absolute atomic E-state index is 0.0338. The summed E-state index contributed by atoms with van der Waals surface area (Å²) < 4.78 is 28.8. The molecule has 1 N–H and O–H groups in total. The fraction of sp³-hybridized carbons (Fsp3) is 0.192. The molecular formula is C26H21NO4S. The van der Waals surface area contributed by atoms with Gasteiger partial charge in [0.2, 0.25) is 0 Å². The third kappa shape index (κ3) is 2.60. The summed E-state index contributed by atoms with van der Waals surface area (Å²) in [7, 11) is -3.94. The number of rotatable bonds is 3.